The van der Waals surface area contributed by atoms with Crippen molar-refractivity contribution in [2.75, 3.05) is 5.75 Å². The van der Waals surface area contributed by atoms with Crippen LogP contribution in [0.3, 0.4) is 0 Å². The van der Waals surface area contributed by atoms with E-state index in [9.17, 15) is 22.0 Å². The van der Waals surface area contributed by atoms with E-state index >= 15 is 0 Å². The van der Waals surface area contributed by atoms with Gasteiger partial charge in [-0.3, -0.25) is 4.79 Å². The molecule has 0 N–H and O–H groups in total. The van der Waals surface area contributed by atoms with Crippen LogP contribution in [-0.2, 0) is 40.1 Å². The largest absolute Gasteiger partial charge is 0.479 e. The minimum absolute atomic E-state index is 0.0112. The van der Waals surface area contributed by atoms with E-state index in [1.165, 1.54) is 6.07 Å². The van der Waals surface area contributed by atoms with Crippen molar-refractivity contribution in [1.82, 2.24) is 4.57 Å². The summed E-state index contributed by atoms with van der Waals surface area (Å²) in [7, 11) is -1.39. The number of fused-ring (bicyclic) bond motifs is 1. The van der Waals surface area contributed by atoms with Crippen molar-refractivity contribution in [3.05, 3.63) is 95.2 Å². The standard InChI is InChI=1S/C29H29F2NO4S/c1-5-37(34,35)24-10-6-19(7-11-24)15-23(33)16-20-8-12-26-21(14-20)17-28(32(26)4)29(2,3)36-27-13-9-22(30)18-25(27)31/h6-14,17-18H,5,15-16H2,1-4H3. The maximum absolute atomic E-state index is 14.2. The lowest BCUT2D eigenvalue weighted by Gasteiger charge is -2.27. The van der Waals surface area contributed by atoms with Gasteiger partial charge in [-0.2, -0.15) is 0 Å². The average molecular weight is 526 g/mol. The third-order valence-corrected chi connectivity index (χ3v) is 8.20. The second-order valence-corrected chi connectivity index (χ2v) is 11.9. The number of hydrogen-bond acceptors (Lipinski definition) is 4. The van der Waals surface area contributed by atoms with Gasteiger partial charge in [-0.25, -0.2) is 17.2 Å². The molecule has 0 aliphatic carbocycles. The highest BCUT2D eigenvalue weighted by molar-refractivity contribution is 7.91. The maximum atomic E-state index is 14.2. The topological polar surface area (TPSA) is 65.4 Å². The molecule has 0 aliphatic heterocycles. The summed E-state index contributed by atoms with van der Waals surface area (Å²) in [5, 5.41) is 0.910. The molecule has 4 aromatic rings. The number of Topliss-reactive ketones (excluding diaryl/α,β-unsaturated/α-hetero) is 1. The zero-order valence-corrected chi connectivity index (χ0v) is 22.0. The van der Waals surface area contributed by atoms with Crippen molar-refractivity contribution in [1.29, 1.82) is 0 Å². The number of ketones is 1. The van der Waals surface area contributed by atoms with Gasteiger partial charge in [-0.1, -0.05) is 25.1 Å². The van der Waals surface area contributed by atoms with Crippen molar-refractivity contribution in [3.8, 4) is 5.75 Å². The summed E-state index contributed by atoms with van der Waals surface area (Å²) in [4.78, 5) is 13.0. The number of nitrogens with zero attached hydrogens (tertiary/aromatic N) is 1. The molecule has 5 nitrogen and oxygen atoms in total. The van der Waals surface area contributed by atoms with Gasteiger partial charge >= 0.3 is 0 Å². The van der Waals surface area contributed by atoms with Crippen molar-refractivity contribution < 1.29 is 26.7 Å². The Morgan fingerprint density at radius 2 is 1.57 bits per heavy atom. The number of sulfone groups is 1. The molecular formula is C29H29F2NO4S. The summed E-state index contributed by atoms with van der Waals surface area (Å²) < 4.78 is 59.3. The number of rotatable bonds is 9. The molecule has 0 saturated carbocycles. The van der Waals surface area contributed by atoms with Crippen LogP contribution in [0.4, 0.5) is 8.78 Å². The average Bonchev–Trinajstić information content (AvgIpc) is 3.18. The fraction of sp³-hybridized carbons (Fsp3) is 0.276. The number of halogens is 2. The number of carbonyl (C=O) groups excluding carboxylic acids is 1. The first-order chi connectivity index (χ1) is 17.4. The molecule has 0 atom stereocenters. The van der Waals surface area contributed by atoms with Crippen LogP contribution in [0.25, 0.3) is 10.9 Å². The number of carbonyl (C=O) groups is 1. The van der Waals surface area contributed by atoms with E-state index in [4.69, 9.17) is 4.74 Å². The van der Waals surface area contributed by atoms with Crippen LogP contribution in [-0.4, -0.2) is 24.5 Å². The van der Waals surface area contributed by atoms with Crippen LogP contribution < -0.4 is 4.74 Å². The normalized spacial score (nSPS) is 12.2. The monoisotopic (exact) mass is 525 g/mol. The van der Waals surface area contributed by atoms with Crippen LogP contribution in [0, 0.1) is 11.6 Å². The molecule has 4 rings (SSSR count). The van der Waals surface area contributed by atoms with E-state index in [2.05, 4.69) is 0 Å². The molecule has 0 saturated heterocycles. The Bertz CT molecular complexity index is 1570. The molecular weight excluding hydrogens is 496 g/mol. The molecule has 0 spiro atoms. The van der Waals surface area contributed by atoms with E-state index in [-0.39, 0.29) is 35.0 Å². The van der Waals surface area contributed by atoms with Crippen LogP contribution in [0.15, 0.2) is 71.6 Å². The van der Waals surface area contributed by atoms with Crippen molar-refractivity contribution in [3.63, 3.8) is 0 Å². The zero-order valence-electron chi connectivity index (χ0n) is 21.2. The second-order valence-electron chi connectivity index (χ2n) is 9.61. The van der Waals surface area contributed by atoms with E-state index in [0.29, 0.717) is 0 Å². The highest BCUT2D eigenvalue weighted by Gasteiger charge is 2.28. The molecule has 37 heavy (non-hydrogen) atoms. The van der Waals surface area contributed by atoms with Gasteiger partial charge in [0.1, 0.15) is 17.2 Å². The first-order valence-electron chi connectivity index (χ1n) is 12.0. The molecule has 8 heteroatoms. The van der Waals surface area contributed by atoms with Gasteiger partial charge in [0, 0.05) is 36.9 Å². The Morgan fingerprint density at radius 1 is 0.919 bits per heavy atom. The lowest BCUT2D eigenvalue weighted by molar-refractivity contribution is -0.117. The van der Waals surface area contributed by atoms with E-state index < -0.39 is 27.1 Å². The summed E-state index contributed by atoms with van der Waals surface area (Å²) >= 11 is 0. The van der Waals surface area contributed by atoms with Crippen LogP contribution in [0.1, 0.15) is 37.6 Å². The molecule has 0 unspecified atom stereocenters. The molecule has 194 valence electrons. The number of ether oxygens (including phenoxy) is 1. The Hall–Kier alpha value is -3.52. The number of aromatic nitrogens is 1. The van der Waals surface area contributed by atoms with Gasteiger partial charge in [0.15, 0.2) is 21.4 Å². The maximum Gasteiger partial charge on any atom is 0.178 e. The van der Waals surface area contributed by atoms with Crippen molar-refractivity contribution in [2.45, 2.75) is 44.1 Å². The molecule has 0 amide bonds. The molecule has 3 aromatic carbocycles. The van der Waals surface area contributed by atoms with Gasteiger partial charge in [0.2, 0.25) is 0 Å². The predicted octanol–water partition coefficient (Wildman–Crippen LogP) is 5.92. The van der Waals surface area contributed by atoms with Crippen LogP contribution in [0.5, 0.6) is 5.75 Å². The highest BCUT2D eigenvalue weighted by Crippen LogP contribution is 2.33. The van der Waals surface area contributed by atoms with E-state index in [1.54, 1.807) is 31.2 Å². The van der Waals surface area contributed by atoms with Crippen molar-refractivity contribution >= 4 is 26.5 Å². The van der Waals surface area contributed by atoms with Gasteiger partial charge in [-0.15, -0.1) is 0 Å². The summed E-state index contributed by atoms with van der Waals surface area (Å²) in [6.45, 7) is 5.22. The lowest BCUT2D eigenvalue weighted by Crippen LogP contribution is -2.28. The Balaban J connectivity index is 1.51. The SMILES string of the molecule is CCS(=O)(=O)c1ccc(CC(=O)Cc2ccc3c(c2)cc(C(C)(C)Oc2ccc(F)cc2F)n3C)cc1. The fourth-order valence-corrected chi connectivity index (χ4v) is 5.35. The molecule has 1 aromatic heterocycles. The fourth-order valence-electron chi connectivity index (χ4n) is 4.47. The number of aryl methyl sites for hydroxylation is 1. The lowest BCUT2D eigenvalue weighted by atomic mass is 10.0. The summed E-state index contributed by atoms with van der Waals surface area (Å²) in [6.07, 6.45) is 0.435. The summed E-state index contributed by atoms with van der Waals surface area (Å²) in [5.74, 6) is -1.44. The Kier molecular flexibility index (Phi) is 7.24. The minimum Gasteiger partial charge on any atom is -0.479 e. The molecule has 1 heterocycles. The quantitative estimate of drug-likeness (QED) is 0.272. The van der Waals surface area contributed by atoms with Crippen LogP contribution in [0.2, 0.25) is 0 Å². The summed E-state index contributed by atoms with van der Waals surface area (Å²) in [5.41, 5.74) is 2.41. The Labute approximate surface area is 215 Å². The molecule has 0 radical (unpaired) electrons. The molecule has 0 fully saturated rings. The molecule has 0 bridgehead atoms. The van der Waals surface area contributed by atoms with Crippen LogP contribution >= 0.6 is 0 Å². The van der Waals surface area contributed by atoms with Crippen molar-refractivity contribution in [2.24, 2.45) is 7.05 Å². The van der Waals surface area contributed by atoms with E-state index in [1.807, 2.05) is 49.7 Å². The van der Waals surface area contributed by atoms with Gasteiger partial charge < -0.3 is 9.30 Å². The Morgan fingerprint density at radius 3 is 2.22 bits per heavy atom. The third-order valence-electron chi connectivity index (χ3n) is 6.45. The first kappa shape index (κ1) is 26.5. The first-order valence-corrected chi connectivity index (χ1v) is 13.6. The number of benzene rings is 3. The third kappa shape index (κ3) is 5.74. The molecule has 0 aliphatic rings. The predicted molar refractivity (Wildman–Crippen MR) is 140 cm³/mol. The second kappa shape index (κ2) is 10.1. The summed E-state index contributed by atoms with van der Waals surface area (Å²) in [6, 6.07) is 17.4. The zero-order chi connectivity index (χ0) is 27.0. The number of hydrogen-bond donors (Lipinski definition) is 0. The smallest absolute Gasteiger partial charge is 0.178 e. The minimum atomic E-state index is -3.28. The van der Waals surface area contributed by atoms with Gasteiger partial charge in [0.25, 0.3) is 0 Å². The van der Waals surface area contributed by atoms with E-state index in [0.717, 1.165) is 39.9 Å². The van der Waals surface area contributed by atoms with Gasteiger partial charge in [-0.05, 0) is 67.4 Å². The van der Waals surface area contributed by atoms with Gasteiger partial charge in [0.05, 0.1) is 16.3 Å². The highest BCUT2D eigenvalue weighted by atomic mass is 32.2.